The third kappa shape index (κ3) is 15.4. The molecule has 0 atom stereocenters. The molecule has 0 N–H and O–H groups in total. The van der Waals surface area contributed by atoms with Crippen LogP contribution in [0.25, 0.3) is 0 Å². The molecule has 0 heterocycles. The van der Waals surface area contributed by atoms with Crippen molar-refractivity contribution in [3.05, 3.63) is 12.2 Å². The molecule has 0 unspecified atom stereocenters. The molecule has 0 saturated carbocycles. The number of hydrogen-bond donors (Lipinski definition) is 0. The average Bonchev–Trinajstić information content (AvgIpc) is 2.30. The molecule has 0 amide bonds. The minimum atomic E-state index is 0.858. The third-order valence-corrected chi connectivity index (χ3v) is 3.12. The Morgan fingerprint density at radius 2 is 1.35 bits per heavy atom. The van der Waals surface area contributed by atoms with E-state index in [-0.39, 0.29) is 0 Å². The van der Waals surface area contributed by atoms with Gasteiger partial charge in [-0.3, -0.25) is 4.79 Å². The lowest BCUT2D eigenvalue weighted by Gasteiger charge is -2.04. The molecule has 0 fully saturated rings. The maximum atomic E-state index is 10.0. The zero-order valence-corrected chi connectivity index (χ0v) is 11.8. The molecule has 0 bridgehead atoms. The molecule has 0 aromatic heterocycles. The summed E-state index contributed by atoms with van der Waals surface area (Å²) in [6.45, 7) is 4.61. The number of unbranched alkanes of at least 4 members (excludes halogenated alkanes) is 8. The lowest BCUT2D eigenvalue weighted by Crippen LogP contribution is -1.87. The van der Waals surface area contributed by atoms with Gasteiger partial charge in [0.1, 0.15) is 6.29 Å². The molecular weight excluding hydrogens is 208 g/mol. The zero-order valence-electron chi connectivity index (χ0n) is 11.8. The predicted molar refractivity (Wildman–Crippen MR) is 76.2 cm³/mol. The van der Waals surface area contributed by atoms with Crippen LogP contribution < -0.4 is 0 Å². The summed E-state index contributed by atoms with van der Waals surface area (Å²) in [5.41, 5.74) is 0. The quantitative estimate of drug-likeness (QED) is 0.256. The first-order valence-electron chi connectivity index (χ1n) is 7.37. The number of rotatable bonds is 12. The standard InChI is InChI=1S/C16H30O/c1-16(2)14-12-10-8-6-4-3-5-7-9-11-13-15-17/h11,13,15-16H,3-10,12,14H2,1-2H3/b13-11+. The molecule has 0 aliphatic rings. The lowest BCUT2D eigenvalue weighted by molar-refractivity contribution is -0.104. The minimum absolute atomic E-state index is 0.858. The Morgan fingerprint density at radius 3 is 1.88 bits per heavy atom. The van der Waals surface area contributed by atoms with Gasteiger partial charge in [-0.25, -0.2) is 0 Å². The van der Waals surface area contributed by atoms with Crippen LogP contribution in [0.5, 0.6) is 0 Å². The summed E-state index contributed by atoms with van der Waals surface area (Å²) in [7, 11) is 0. The monoisotopic (exact) mass is 238 g/mol. The van der Waals surface area contributed by atoms with Gasteiger partial charge < -0.3 is 0 Å². The molecule has 100 valence electrons. The van der Waals surface area contributed by atoms with Crippen LogP contribution in [0.3, 0.4) is 0 Å². The summed E-state index contributed by atoms with van der Waals surface area (Å²) in [5, 5.41) is 0. The molecule has 17 heavy (non-hydrogen) atoms. The largest absolute Gasteiger partial charge is 0.299 e. The number of carbonyl (C=O) groups is 1. The molecule has 0 rings (SSSR count). The van der Waals surface area contributed by atoms with E-state index >= 15 is 0 Å². The lowest BCUT2D eigenvalue weighted by atomic mass is 10.0. The van der Waals surface area contributed by atoms with Crippen LogP contribution in [0.15, 0.2) is 12.2 Å². The summed E-state index contributed by atoms with van der Waals surface area (Å²) in [6, 6.07) is 0. The van der Waals surface area contributed by atoms with Crippen LogP contribution in [-0.4, -0.2) is 6.29 Å². The Hall–Kier alpha value is -0.590. The van der Waals surface area contributed by atoms with Gasteiger partial charge in [0.15, 0.2) is 0 Å². The molecule has 0 spiro atoms. The van der Waals surface area contributed by atoms with Gasteiger partial charge in [-0.2, -0.15) is 0 Å². The van der Waals surface area contributed by atoms with E-state index in [0.717, 1.165) is 18.6 Å². The van der Waals surface area contributed by atoms with Gasteiger partial charge in [-0.15, -0.1) is 0 Å². The van der Waals surface area contributed by atoms with Crippen molar-refractivity contribution in [1.82, 2.24) is 0 Å². The van der Waals surface area contributed by atoms with Crippen molar-refractivity contribution in [2.24, 2.45) is 5.92 Å². The fourth-order valence-corrected chi connectivity index (χ4v) is 2.03. The molecular formula is C16H30O. The van der Waals surface area contributed by atoms with Crippen molar-refractivity contribution < 1.29 is 4.79 Å². The molecule has 0 saturated heterocycles. The summed E-state index contributed by atoms with van der Waals surface area (Å²) in [6.07, 6.45) is 17.8. The Kier molecular flexibility index (Phi) is 13.0. The van der Waals surface area contributed by atoms with E-state index in [4.69, 9.17) is 0 Å². The van der Waals surface area contributed by atoms with Crippen molar-refractivity contribution in [3.63, 3.8) is 0 Å². The first-order valence-corrected chi connectivity index (χ1v) is 7.37. The highest BCUT2D eigenvalue weighted by Gasteiger charge is 1.94. The van der Waals surface area contributed by atoms with Crippen LogP contribution in [0, 0.1) is 5.92 Å². The summed E-state index contributed by atoms with van der Waals surface area (Å²) in [4.78, 5) is 10.0. The second-order valence-corrected chi connectivity index (χ2v) is 5.36. The fraction of sp³-hybridized carbons (Fsp3) is 0.812. The Balaban J connectivity index is 2.98. The van der Waals surface area contributed by atoms with E-state index < -0.39 is 0 Å². The summed E-state index contributed by atoms with van der Waals surface area (Å²) < 4.78 is 0. The van der Waals surface area contributed by atoms with Gasteiger partial charge >= 0.3 is 0 Å². The molecule has 1 heteroatoms. The van der Waals surface area contributed by atoms with Gasteiger partial charge in [0.05, 0.1) is 0 Å². The van der Waals surface area contributed by atoms with Crippen molar-refractivity contribution in [1.29, 1.82) is 0 Å². The van der Waals surface area contributed by atoms with Crippen LogP contribution in [-0.2, 0) is 4.79 Å². The molecule has 0 aromatic rings. The van der Waals surface area contributed by atoms with Gasteiger partial charge in [0.25, 0.3) is 0 Å². The van der Waals surface area contributed by atoms with E-state index in [2.05, 4.69) is 13.8 Å². The smallest absolute Gasteiger partial charge is 0.142 e. The highest BCUT2D eigenvalue weighted by molar-refractivity contribution is 5.64. The highest BCUT2D eigenvalue weighted by atomic mass is 16.1. The second kappa shape index (κ2) is 13.5. The van der Waals surface area contributed by atoms with Crippen LogP contribution >= 0.6 is 0 Å². The molecule has 0 aliphatic heterocycles. The first-order chi connectivity index (χ1) is 8.27. The maximum absolute atomic E-state index is 10.0. The van der Waals surface area contributed by atoms with E-state index in [1.807, 2.05) is 6.08 Å². The topological polar surface area (TPSA) is 17.1 Å². The van der Waals surface area contributed by atoms with Gasteiger partial charge in [0, 0.05) is 0 Å². The maximum Gasteiger partial charge on any atom is 0.142 e. The van der Waals surface area contributed by atoms with Gasteiger partial charge in [0.2, 0.25) is 0 Å². The van der Waals surface area contributed by atoms with E-state index in [0.29, 0.717) is 0 Å². The second-order valence-electron chi connectivity index (χ2n) is 5.36. The Morgan fingerprint density at radius 1 is 0.824 bits per heavy atom. The highest BCUT2D eigenvalue weighted by Crippen LogP contribution is 2.12. The van der Waals surface area contributed by atoms with Crippen molar-refractivity contribution in [3.8, 4) is 0 Å². The SMILES string of the molecule is CC(C)CCCCCCCCCC/C=C/C=O. The molecule has 0 radical (unpaired) electrons. The summed E-state index contributed by atoms with van der Waals surface area (Å²) in [5.74, 6) is 0.870. The molecule has 0 aromatic carbocycles. The number of aldehydes is 1. The normalized spacial score (nSPS) is 11.5. The number of hydrogen-bond acceptors (Lipinski definition) is 1. The van der Waals surface area contributed by atoms with E-state index in [9.17, 15) is 4.79 Å². The van der Waals surface area contributed by atoms with Crippen molar-refractivity contribution in [2.45, 2.75) is 78.1 Å². The Labute approximate surface area is 108 Å². The average molecular weight is 238 g/mol. The number of carbonyl (C=O) groups excluding carboxylic acids is 1. The first kappa shape index (κ1) is 16.4. The predicted octanol–water partition coefficient (Wildman–Crippen LogP) is 5.30. The van der Waals surface area contributed by atoms with Crippen LogP contribution in [0.4, 0.5) is 0 Å². The molecule has 0 aliphatic carbocycles. The van der Waals surface area contributed by atoms with Gasteiger partial charge in [-0.1, -0.05) is 71.3 Å². The zero-order chi connectivity index (χ0) is 12.8. The Bertz CT molecular complexity index is 182. The van der Waals surface area contributed by atoms with Crippen molar-refractivity contribution in [2.75, 3.05) is 0 Å². The van der Waals surface area contributed by atoms with Gasteiger partial charge in [-0.05, 0) is 24.8 Å². The van der Waals surface area contributed by atoms with Crippen LogP contribution in [0.1, 0.15) is 78.1 Å². The van der Waals surface area contributed by atoms with Crippen LogP contribution in [0.2, 0.25) is 0 Å². The fourth-order valence-electron chi connectivity index (χ4n) is 2.03. The summed E-state index contributed by atoms with van der Waals surface area (Å²) >= 11 is 0. The number of allylic oxidation sites excluding steroid dienone is 2. The van der Waals surface area contributed by atoms with E-state index in [1.165, 1.54) is 57.8 Å². The molecule has 1 nitrogen and oxygen atoms in total. The third-order valence-electron chi connectivity index (χ3n) is 3.12. The van der Waals surface area contributed by atoms with E-state index in [1.54, 1.807) is 6.08 Å². The van der Waals surface area contributed by atoms with Crippen molar-refractivity contribution >= 4 is 6.29 Å². The minimum Gasteiger partial charge on any atom is -0.299 e.